The lowest BCUT2D eigenvalue weighted by Gasteiger charge is -2.08. The third kappa shape index (κ3) is 5.16. The number of ether oxygens (including phenoxy) is 2. The number of hydrogen-bond acceptors (Lipinski definition) is 5. The normalized spacial score (nSPS) is 10.6. The Morgan fingerprint density at radius 3 is 2.50 bits per heavy atom. The van der Waals surface area contributed by atoms with Gasteiger partial charge in [-0.25, -0.2) is 0 Å². The van der Waals surface area contributed by atoms with Crippen molar-refractivity contribution in [3.8, 4) is 17.6 Å². The van der Waals surface area contributed by atoms with Gasteiger partial charge in [0.25, 0.3) is 5.91 Å². The third-order valence-corrected chi connectivity index (χ3v) is 3.62. The van der Waals surface area contributed by atoms with Gasteiger partial charge >= 0.3 is 0 Å². The van der Waals surface area contributed by atoms with E-state index in [0.717, 1.165) is 11.4 Å². The third-order valence-electron chi connectivity index (χ3n) is 3.32. The molecule has 0 aliphatic heterocycles. The second-order valence-electron chi connectivity index (χ2n) is 5.07. The van der Waals surface area contributed by atoms with Gasteiger partial charge in [-0.3, -0.25) is 4.79 Å². The van der Waals surface area contributed by atoms with Gasteiger partial charge in [0.15, 0.2) is 0 Å². The van der Waals surface area contributed by atoms with Crippen molar-refractivity contribution >= 4 is 28.9 Å². The van der Waals surface area contributed by atoms with Crippen LogP contribution in [0.4, 0.5) is 11.4 Å². The Bertz CT molecular complexity index is 842. The first-order chi connectivity index (χ1) is 12.6. The number of nitrogens with zero attached hydrogens (tertiary/aromatic N) is 1. The fourth-order valence-electron chi connectivity index (χ4n) is 2.06. The molecule has 0 aliphatic carbocycles. The molecule has 2 aromatic rings. The van der Waals surface area contributed by atoms with Gasteiger partial charge in [0.2, 0.25) is 0 Å². The van der Waals surface area contributed by atoms with Crippen LogP contribution >= 0.6 is 11.6 Å². The number of carbonyl (C=O) groups is 1. The summed E-state index contributed by atoms with van der Waals surface area (Å²) in [6.45, 7) is 2.49. The fourth-order valence-corrected chi connectivity index (χ4v) is 2.32. The van der Waals surface area contributed by atoms with Crippen molar-refractivity contribution in [1.29, 1.82) is 5.26 Å². The summed E-state index contributed by atoms with van der Waals surface area (Å²) in [4.78, 5) is 12.2. The SMILES string of the molecule is CCOc1ccc(N/C=C(/C#N)C(=O)Nc2ccc(OC)c(Cl)c2)cc1. The molecule has 0 bridgehead atoms. The van der Waals surface area contributed by atoms with E-state index in [-0.39, 0.29) is 5.57 Å². The highest BCUT2D eigenvalue weighted by Gasteiger charge is 2.10. The summed E-state index contributed by atoms with van der Waals surface area (Å²) >= 11 is 6.02. The van der Waals surface area contributed by atoms with Crippen LogP contribution in [0, 0.1) is 11.3 Å². The number of carbonyl (C=O) groups excluding carboxylic acids is 1. The monoisotopic (exact) mass is 371 g/mol. The van der Waals surface area contributed by atoms with E-state index in [1.807, 2.05) is 13.0 Å². The second kappa shape index (κ2) is 9.35. The zero-order chi connectivity index (χ0) is 18.9. The van der Waals surface area contributed by atoms with E-state index in [0.29, 0.717) is 23.1 Å². The molecule has 0 fully saturated rings. The average molecular weight is 372 g/mol. The number of rotatable bonds is 7. The Morgan fingerprint density at radius 2 is 1.92 bits per heavy atom. The molecule has 0 saturated carbocycles. The van der Waals surface area contributed by atoms with Gasteiger partial charge in [0, 0.05) is 17.6 Å². The van der Waals surface area contributed by atoms with E-state index in [9.17, 15) is 10.1 Å². The van der Waals surface area contributed by atoms with Crippen molar-refractivity contribution in [3.05, 3.63) is 59.3 Å². The molecule has 2 aromatic carbocycles. The Hall–Kier alpha value is -3.17. The molecule has 2 N–H and O–H groups in total. The lowest BCUT2D eigenvalue weighted by atomic mass is 10.2. The molecule has 0 aromatic heterocycles. The maximum atomic E-state index is 12.2. The average Bonchev–Trinajstić information content (AvgIpc) is 2.64. The number of benzene rings is 2. The predicted octanol–water partition coefficient (Wildman–Crippen LogP) is 4.21. The maximum absolute atomic E-state index is 12.2. The minimum absolute atomic E-state index is 0.0779. The van der Waals surface area contributed by atoms with E-state index < -0.39 is 5.91 Å². The molecule has 0 atom stereocenters. The summed E-state index contributed by atoms with van der Waals surface area (Å²) in [5.41, 5.74) is 1.11. The molecular weight excluding hydrogens is 354 g/mol. The van der Waals surface area contributed by atoms with Crippen LogP contribution in [0.3, 0.4) is 0 Å². The topological polar surface area (TPSA) is 83.4 Å². The maximum Gasteiger partial charge on any atom is 0.267 e. The van der Waals surface area contributed by atoms with Crippen LogP contribution < -0.4 is 20.1 Å². The van der Waals surface area contributed by atoms with Crippen LogP contribution in [0.25, 0.3) is 0 Å². The predicted molar refractivity (Wildman–Crippen MR) is 102 cm³/mol. The van der Waals surface area contributed by atoms with Gasteiger partial charge in [-0.2, -0.15) is 5.26 Å². The number of hydrogen-bond donors (Lipinski definition) is 2. The fraction of sp³-hybridized carbons (Fsp3) is 0.158. The molecule has 134 valence electrons. The lowest BCUT2D eigenvalue weighted by molar-refractivity contribution is -0.112. The number of nitriles is 1. The Morgan fingerprint density at radius 1 is 1.23 bits per heavy atom. The molecule has 0 unspecified atom stereocenters. The van der Waals surface area contributed by atoms with Crippen LogP contribution in [0.5, 0.6) is 11.5 Å². The van der Waals surface area contributed by atoms with Crippen LogP contribution in [-0.2, 0) is 4.79 Å². The van der Waals surface area contributed by atoms with Gasteiger partial charge in [-0.05, 0) is 49.4 Å². The number of methoxy groups -OCH3 is 1. The largest absolute Gasteiger partial charge is 0.495 e. The lowest BCUT2D eigenvalue weighted by Crippen LogP contribution is -2.14. The highest BCUT2D eigenvalue weighted by atomic mass is 35.5. The summed E-state index contributed by atoms with van der Waals surface area (Å²) < 4.78 is 10.4. The molecule has 2 rings (SSSR count). The van der Waals surface area contributed by atoms with Crippen LogP contribution in [-0.4, -0.2) is 19.6 Å². The van der Waals surface area contributed by atoms with Crippen LogP contribution in [0.2, 0.25) is 5.02 Å². The minimum atomic E-state index is -0.549. The molecule has 6 nitrogen and oxygen atoms in total. The Kier molecular flexibility index (Phi) is 6.89. The molecule has 0 saturated heterocycles. The molecule has 7 heteroatoms. The quantitative estimate of drug-likeness (QED) is 0.562. The van der Waals surface area contributed by atoms with Gasteiger partial charge in [0.05, 0.1) is 18.7 Å². The van der Waals surface area contributed by atoms with Crippen molar-refractivity contribution in [2.75, 3.05) is 24.4 Å². The van der Waals surface area contributed by atoms with E-state index in [2.05, 4.69) is 10.6 Å². The van der Waals surface area contributed by atoms with Crippen LogP contribution in [0.1, 0.15) is 6.92 Å². The minimum Gasteiger partial charge on any atom is -0.495 e. The first kappa shape index (κ1) is 19.2. The summed E-state index contributed by atoms with van der Waals surface area (Å²) in [5.74, 6) is 0.696. The number of amides is 1. The molecule has 0 aliphatic rings. The number of nitrogens with one attached hydrogen (secondary N) is 2. The number of anilines is 2. The summed E-state index contributed by atoms with van der Waals surface area (Å²) in [5, 5.41) is 15.1. The summed E-state index contributed by atoms with van der Waals surface area (Å²) in [6.07, 6.45) is 1.34. The highest BCUT2D eigenvalue weighted by molar-refractivity contribution is 6.32. The highest BCUT2D eigenvalue weighted by Crippen LogP contribution is 2.27. The smallest absolute Gasteiger partial charge is 0.267 e. The van der Waals surface area contributed by atoms with Gasteiger partial charge in [-0.1, -0.05) is 11.6 Å². The molecule has 0 heterocycles. The standard InChI is InChI=1S/C19H18ClN3O3/c1-3-26-16-7-4-14(5-8-16)22-12-13(11-21)19(24)23-15-6-9-18(25-2)17(20)10-15/h4-10,12,22H,3H2,1-2H3,(H,23,24)/b13-12-. The Labute approximate surface area is 157 Å². The zero-order valence-corrected chi connectivity index (χ0v) is 15.1. The van der Waals surface area contributed by atoms with Gasteiger partial charge < -0.3 is 20.1 Å². The molecule has 1 amide bonds. The van der Waals surface area contributed by atoms with Gasteiger partial charge in [0.1, 0.15) is 23.1 Å². The van der Waals surface area contributed by atoms with Crippen molar-refractivity contribution in [2.45, 2.75) is 6.92 Å². The molecule has 0 spiro atoms. The molecule has 0 radical (unpaired) electrons. The Balaban J connectivity index is 2.04. The van der Waals surface area contributed by atoms with E-state index in [1.165, 1.54) is 13.3 Å². The van der Waals surface area contributed by atoms with Crippen molar-refractivity contribution in [2.24, 2.45) is 0 Å². The first-order valence-electron chi connectivity index (χ1n) is 7.82. The second-order valence-corrected chi connectivity index (χ2v) is 5.48. The summed E-state index contributed by atoms with van der Waals surface area (Å²) in [7, 11) is 1.50. The van der Waals surface area contributed by atoms with Crippen LogP contribution in [0.15, 0.2) is 54.2 Å². The molecular formula is C19H18ClN3O3. The van der Waals surface area contributed by atoms with E-state index in [1.54, 1.807) is 42.5 Å². The van der Waals surface area contributed by atoms with Gasteiger partial charge in [-0.15, -0.1) is 0 Å². The number of halogens is 1. The zero-order valence-electron chi connectivity index (χ0n) is 14.4. The van der Waals surface area contributed by atoms with Crippen molar-refractivity contribution < 1.29 is 14.3 Å². The van der Waals surface area contributed by atoms with Crippen molar-refractivity contribution in [3.63, 3.8) is 0 Å². The van der Waals surface area contributed by atoms with E-state index in [4.69, 9.17) is 21.1 Å². The first-order valence-corrected chi connectivity index (χ1v) is 8.19. The summed E-state index contributed by atoms with van der Waals surface area (Å²) in [6, 6.07) is 13.9. The van der Waals surface area contributed by atoms with Crippen molar-refractivity contribution in [1.82, 2.24) is 0 Å². The van der Waals surface area contributed by atoms with E-state index >= 15 is 0 Å². The molecule has 26 heavy (non-hydrogen) atoms.